The maximum Gasteiger partial charge on any atom is 0.272 e. The fourth-order valence-corrected chi connectivity index (χ4v) is 1.60. The van der Waals surface area contributed by atoms with Crippen LogP contribution in [-0.4, -0.2) is 27.6 Å². The molecule has 0 aromatic carbocycles. The first kappa shape index (κ1) is 10.8. The molecule has 0 spiro atoms. The molecule has 86 valence electrons. The van der Waals surface area contributed by atoms with Crippen molar-refractivity contribution < 1.29 is 4.79 Å². The number of hydrogen-bond acceptors (Lipinski definition) is 4. The molecule has 2 rings (SSSR count). The minimum atomic E-state index is -0.243. The van der Waals surface area contributed by atoms with Gasteiger partial charge in [0.25, 0.3) is 5.56 Å². The van der Waals surface area contributed by atoms with Crippen LogP contribution in [0, 0.1) is 5.92 Å². The zero-order chi connectivity index (χ0) is 11.4. The van der Waals surface area contributed by atoms with E-state index in [1.54, 1.807) is 0 Å². The quantitative estimate of drug-likeness (QED) is 0.727. The Balaban J connectivity index is 1.77. The van der Waals surface area contributed by atoms with Crippen LogP contribution in [0.4, 0.5) is 0 Å². The van der Waals surface area contributed by atoms with E-state index in [0.717, 1.165) is 19.3 Å². The summed E-state index contributed by atoms with van der Waals surface area (Å²) in [4.78, 5) is 25.1. The third-order valence-electron chi connectivity index (χ3n) is 2.83. The normalized spacial score (nSPS) is 15.5. The van der Waals surface area contributed by atoms with E-state index in [0.29, 0.717) is 18.7 Å². The Morgan fingerprint density at radius 3 is 3.00 bits per heavy atom. The Hall–Kier alpha value is -1.72. The average Bonchev–Trinajstić information content (AvgIpc) is 2.18. The highest BCUT2D eigenvalue weighted by atomic mass is 16.2. The van der Waals surface area contributed by atoms with Gasteiger partial charge >= 0.3 is 0 Å². The number of carbonyl (C=O) groups excluding carboxylic acids is 1. The van der Waals surface area contributed by atoms with Crippen LogP contribution in [-0.2, 0) is 11.2 Å². The van der Waals surface area contributed by atoms with Crippen LogP contribution in [0.2, 0.25) is 0 Å². The number of aromatic amines is 1. The summed E-state index contributed by atoms with van der Waals surface area (Å²) in [5.41, 5.74) is 0.115. The molecule has 16 heavy (non-hydrogen) atoms. The SMILES string of the molecule is O=C(NCCc1nnc[nH]c1=O)C1CCC1. The molecule has 0 bridgehead atoms. The number of nitrogens with zero attached hydrogens (tertiary/aromatic N) is 2. The third-order valence-corrected chi connectivity index (χ3v) is 2.83. The second-order valence-electron chi connectivity index (χ2n) is 3.93. The van der Waals surface area contributed by atoms with Crippen molar-refractivity contribution in [3.63, 3.8) is 0 Å². The molecule has 1 aromatic rings. The van der Waals surface area contributed by atoms with Gasteiger partial charge in [0.15, 0.2) is 0 Å². The van der Waals surface area contributed by atoms with Crippen LogP contribution < -0.4 is 10.9 Å². The van der Waals surface area contributed by atoms with Gasteiger partial charge in [-0.25, -0.2) is 0 Å². The minimum absolute atomic E-state index is 0.0894. The molecule has 1 heterocycles. The van der Waals surface area contributed by atoms with Crippen LogP contribution in [0.5, 0.6) is 0 Å². The summed E-state index contributed by atoms with van der Waals surface area (Å²) < 4.78 is 0. The van der Waals surface area contributed by atoms with Crippen LogP contribution in [0.3, 0.4) is 0 Å². The molecule has 6 nitrogen and oxygen atoms in total. The number of nitrogens with one attached hydrogen (secondary N) is 2. The Labute approximate surface area is 92.5 Å². The minimum Gasteiger partial charge on any atom is -0.355 e. The standard InChI is InChI=1S/C10H14N4O2/c15-9(7-2-1-3-7)11-5-4-8-10(16)12-6-13-14-8/h6-7H,1-5H2,(H,11,15)(H,12,13,16). The molecule has 0 unspecified atom stereocenters. The zero-order valence-electron chi connectivity index (χ0n) is 8.90. The highest BCUT2D eigenvalue weighted by Crippen LogP contribution is 2.25. The first-order valence-corrected chi connectivity index (χ1v) is 5.44. The van der Waals surface area contributed by atoms with E-state index >= 15 is 0 Å². The monoisotopic (exact) mass is 222 g/mol. The predicted octanol–water partition coefficient (Wildman–Crippen LogP) is -0.376. The van der Waals surface area contributed by atoms with Gasteiger partial charge in [0.1, 0.15) is 12.0 Å². The van der Waals surface area contributed by atoms with Crippen molar-refractivity contribution >= 4 is 5.91 Å². The van der Waals surface area contributed by atoms with Crippen molar-refractivity contribution in [2.24, 2.45) is 5.92 Å². The van der Waals surface area contributed by atoms with Crippen LogP contribution in [0.15, 0.2) is 11.1 Å². The lowest BCUT2D eigenvalue weighted by molar-refractivity contribution is -0.127. The van der Waals surface area contributed by atoms with Gasteiger partial charge in [-0.1, -0.05) is 6.42 Å². The van der Waals surface area contributed by atoms with E-state index in [4.69, 9.17) is 0 Å². The number of amides is 1. The van der Waals surface area contributed by atoms with E-state index in [2.05, 4.69) is 20.5 Å². The van der Waals surface area contributed by atoms with Gasteiger partial charge in [0, 0.05) is 18.9 Å². The summed E-state index contributed by atoms with van der Waals surface area (Å²) in [6, 6.07) is 0. The molecule has 1 saturated carbocycles. The molecular weight excluding hydrogens is 208 g/mol. The van der Waals surface area contributed by atoms with E-state index in [1.807, 2.05) is 0 Å². The second-order valence-corrected chi connectivity index (χ2v) is 3.93. The van der Waals surface area contributed by atoms with Gasteiger partial charge in [0.05, 0.1) is 0 Å². The molecule has 1 amide bonds. The van der Waals surface area contributed by atoms with Gasteiger partial charge in [-0.3, -0.25) is 9.59 Å². The molecule has 0 radical (unpaired) electrons. The average molecular weight is 222 g/mol. The Morgan fingerprint density at radius 1 is 1.56 bits per heavy atom. The second kappa shape index (κ2) is 4.87. The fraction of sp³-hybridized carbons (Fsp3) is 0.600. The number of rotatable bonds is 4. The summed E-state index contributed by atoms with van der Waals surface area (Å²) in [6.45, 7) is 0.442. The molecular formula is C10H14N4O2. The topological polar surface area (TPSA) is 87.7 Å². The van der Waals surface area contributed by atoms with Crippen molar-refractivity contribution in [1.82, 2.24) is 20.5 Å². The molecule has 1 aromatic heterocycles. The highest BCUT2D eigenvalue weighted by molar-refractivity contribution is 5.79. The lowest BCUT2D eigenvalue weighted by atomic mass is 9.85. The predicted molar refractivity (Wildman–Crippen MR) is 56.7 cm³/mol. The lowest BCUT2D eigenvalue weighted by Gasteiger charge is -2.23. The molecule has 1 fully saturated rings. The zero-order valence-corrected chi connectivity index (χ0v) is 8.90. The van der Waals surface area contributed by atoms with Crippen LogP contribution in [0.25, 0.3) is 0 Å². The largest absolute Gasteiger partial charge is 0.355 e. The summed E-state index contributed by atoms with van der Waals surface area (Å²) in [7, 11) is 0. The van der Waals surface area contributed by atoms with Crippen molar-refractivity contribution in [2.45, 2.75) is 25.7 Å². The summed E-state index contributed by atoms with van der Waals surface area (Å²) in [5, 5.41) is 10.1. The molecule has 6 heteroatoms. The molecule has 0 aliphatic heterocycles. The molecule has 2 N–H and O–H groups in total. The van der Waals surface area contributed by atoms with E-state index in [9.17, 15) is 9.59 Å². The Morgan fingerprint density at radius 2 is 2.38 bits per heavy atom. The van der Waals surface area contributed by atoms with Gasteiger partial charge in [-0.15, -0.1) is 10.2 Å². The van der Waals surface area contributed by atoms with Crippen LogP contribution >= 0.6 is 0 Å². The number of aromatic nitrogens is 3. The number of carbonyl (C=O) groups is 1. The summed E-state index contributed by atoms with van der Waals surface area (Å²) in [6.07, 6.45) is 4.78. The Bertz CT molecular complexity index is 425. The fourth-order valence-electron chi connectivity index (χ4n) is 1.60. The molecule has 0 saturated heterocycles. The smallest absolute Gasteiger partial charge is 0.272 e. The van der Waals surface area contributed by atoms with Crippen molar-refractivity contribution in [1.29, 1.82) is 0 Å². The Kier molecular flexibility index (Phi) is 3.28. The van der Waals surface area contributed by atoms with Crippen molar-refractivity contribution in [3.05, 3.63) is 22.4 Å². The van der Waals surface area contributed by atoms with Crippen molar-refractivity contribution in [2.75, 3.05) is 6.54 Å². The van der Waals surface area contributed by atoms with E-state index < -0.39 is 0 Å². The van der Waals surface area contributed by atoms with Gasteiger partial charge < -0.3 is 10.3 Å². The van der Waals surface area contributed by atoms with Gasteiger partial charge in [0.2, 0.25) is 5.91 Å². The summed E-state index contributed by atoms with van der Waals surface area (Å²) >= 11 is 0. The summed E-state index contributed by atoms with van der Waals surface area (Å²) in [5.74, 6) is 0.270. The number of hydrogen-bond donors (Lipinski definition) is 2. The van der Waals surface area contributed by atoms with E-state index in [-0.39, 0.29) is 17.4 Å². The first-order valence-electron chi connectivity index (χ1n) is 5.44. The van der Waals surface area contributed by atoms with Crippen LogP contribution in [0.1, 0.15) is 25.0 Å². The third kappa shape index (κ3) is 2.44. The van der Waals surface area contributed by atoms with E-state index in [1.165, 1.54) is 6.33 Å². The molecule has 0 atom stereocenters. The first-order chi connectivity index (χ1) is 7.77. The molecule has 1 aliphatic rings. The lowest BCUT2D eigenvalue weighted by Crippen LogP contribution is -2.36. The van der Waals surface area contributed by atoms with Crippen molar-refractivity contribution in [3.8, 4) is 0 Å². The van der Waals surface area contributed by atoms with Gasteiger partial charge in [-0.05, 0) is 12.8 Å². The maximum atomic E-state index is 11.5. The maximum absolute atomic E-state index is 11.5. The molecule has 1 aliphatic carbocycles. The highest BCUT2D eigenvalue weighted by Gasteiger charge is 2.24. The van der Waals surface area contributed by atoms with Gasteiger partial charge in [-0.2, -0.15) is 0 Å². The number of H-pyrrole nitrogens is 1.